The highest BCUT2D eigenvalue weighted by molar-refractivity contribution is 5.86. The zero-order chi connectivity index (χ0) is 17.8. The van der Waals surface area contributed by atoms with E-state index >= 15 is 0 Å². The minimum atomic E-state index is 1.18. The summed E-state index contributed by atoms with van der Waals surface area (Å²) >= 11 is 0. The molecule has 4 rings (SSSR count). The van der Waals surface area contributed by atoms with E-state index in [4.69, 9.17) is 0 Å². The average molecular weight is 335 g/mol. The smallest absolute Gasteiger partial charge is 0.0488 e. The molecule has 1 heteroatoms. The molecule has 0 unspecified atom stereocenters. The highest BCUT2D eigenvalue weighted by atomic mass is 15.1. The van der Waals surface area contributed by atoms with Crippen molar-refractivity contribution < 1.29 is 0 Å². The van der Waals surface area contributed by atoms with Gasteiger partial charge < -0.3 is 4.90 Å². The lowest BCUT2D eigenvalue weighted by molar-refractivity contribution is 1.21. The molecule has 26 heavy (non-hydrogen) atoms. The molecule has 126 valence electrons. The second-order valence-corrected chi connectivity index (χ2v) is 6.36. The lowest BCUT2D eigenvalue weighted by Gasteiger charge is -2.23. The van der Waals surface area contributed by atoms with Crippen molar-refractivity contribution in [2.45, 2.75) is 0 Å². The number of para-hydroxylation sites is 1. The van der Waals surface area contributed by atoms with Crippen molar-refractivity contribution in [1.82, 2.24) is 0 Å². The van der Waals surface area contributed by atoms with Crippen LogP contribution in [0.15, 0.2) is 109 Å². The first-order valence-electron chi connectivity index (χ1n) is 8.86. The lowest BCUT2D eigenvalue weighted by atomic mass is 9.96. The number of nitrogens with zero attached hydrogens (tertiary/aromatic N) is 1. The molecule has 0 aliphatic rings. The van der Waals surface area contributed by atoms with E-state index in [1.54, 1.807) is 0 Å². The molecule has 0 amide bonds. The molecule has 0 saturated carbocycles. The fraction of sp³-hybridized carbons (Fsp3) is 0.0400. The SMILES string of the molecule is CN(c1ccccc1)c1ccc(-c2ccccc2)cc1-c1ccccc1. The fourth-order valence-corrected chi connectivity index (χ4v) is 3.28. The summed E-state index contributed by atoms with van der Waals surface area (Å²) in [6, 6.07) is 38.3. The summed E-state index contributed by atoms with van der Waals surface area (Å²) < 4.78 is 0. The number of hydrogen-bond donors (Lipinski definition) is 0. The predicted octanol–water partition coefficient (Wildman–Crippen LogP) is 6.79. The van der Waals surface area contributed by atoms with Crippen LogP contribution in [0, 0.1) is 0 Å². The van der Waals surface area contributed by atoms with Crippen LogP contribution in [0.1, 0.15) is 0 Å². The van der Waals surface area contributed by atoms with Gasteiger partial charge in [0.2, 0.25) is 0 Å². The van der Waals surface area contributed by atoms with Crippen LogP contribution >= 0.6 is 0 Å². The maximum atomic E-state index is 2.29. The molecule has 1 nitrogen and oxygen atoms in total. The summed E-state index contributed by atoms with van der Waals surface area (Å²) in [5, 5.41) is 0. The molecule has 4 aromatic carbocycles. The highest BCUT2D eigenvalue weighted by Gasteiger charge is 2.12. The second kappa shape index (κ2) is 7.28. The second-order valence-electron chi connectivity index (χ2n) is 6.36. The molecule has 0 saturated heterocycles. The Balaban J connectivity index is 1.86. The fourth-order valence-electron chi connectivity index (χ4n) is 3.28. The van der Waals surface area contributed by atoms with Gasteiger partial charge in [-0.15, -0.1) is 0 Å². The van der Waals surface area contributed by atoms with Gasteiger partial charge in [0.25, 0.3) is 0 Å². The van der Waals surface area contributed by atoms with Crippen molar-refractivity contribution in [1.29, 1.82) is 0 Å². The average Bonchev–Trinajstić information content (AvgIpc) is 2.75. The van der Waals surface area contributed by atoms with Crippen molar-refractivity contribution in [3.05, 3.63) is 109 Å². The van der Waals surface area contributed by atoms with Crippen molar-refractivity contribution >= 4 is 11.4 Å². The van der Waals surface area contributed by atoms with Crippen LogP contribution in [-0.4, -0.2) is 7.05 Å². The molecule has 0 bridgehead atoms. The van der Waals surface area contributed by atoms with Crippen LogP contribution < -0.4 is 4.90 Å². The summed E-state index contributed by atoms with van der Waals surface area (Å²) in [4.78, 5) is 2.25. The van der Waals surface area contributed by atoms with Gasteiger partial charge in [-0.2, -0.15) is 0 Å². The van der Waals surface area contributed by atoms with Gasteiger partial charge in [0.15, 0.2) is 0 Å². The summed E-state index contributed by atoms with van der Waals surface area (Å²) in [5.41, 5.74) is 7.30. The molecular weight excluding hydrogens is 314 g/mol. The Kier molecular flexibility index (Phi) is 4.53. The van der Waals surface area contributed by atoms with Crippen LogP contribution in [0.2, 0.25) is 0 Å². The Bertz CT molecular complexity index is 976. The van der Waals surface area contributed by atoms with Gasteiger partial charge in [0.05, 0.1) is 0 Å². The largest absolute Gasteiger partial charge is 0.344 e. The van der Waals surface area contributed by atoms with Crippen LogP contribution in [0.4, 0.5) is 11.4 Å². The maximum Gasteiger partial charge on any atom is 0.0488 e. The van der Waals surface area contributed by atoms with E-state index < -0.39 is 0 Å². The standard InChI is InChI=1S/C25H21N/c1-26(23-15-9-4-10-16-23)25-18-17-22(20-11-5-2-6-12-20)19-24(25)21-13-7-3-8-14-21/h2-19H,1H3. The van der Waals surface area contributed by atoms with Crippen LogP contribution in [-0.2, 0) is 0 Å². The Morgan fingerprint density at radius 1 is 0.500 bits per heavy atom. The monoisotopic (exact) mass is 335 g/mol. The summed E-state index contributed by atoms with van der Waals surface area (Å²) in [6.45, 7) is 0. The quantitative estimate of drug-likeness (QED) is 0.397. The zero-order valence-corrected chi connectivity index (χ0v) is 14.8. The van der Waals surface area contributed by atoms with E-state index in [0.717, 1.165) is 0 Å². The molecule has 0 spiro atoms. The number of benzene rings is 4. The number of rotatable bonds is 4. The molecule has 0 aliphatic heterocycles. The third-order valence-corrected chi connectivity index (χ3v) is 4.69. The van der Waals surface area contributed by atoms with E-state index in [9.17, 15) is 0 Å². The Hall–Kier alpha value is -3.32. The van der Waals surface area contributed by atoms with E-state index in [2.05, 4.69) is 115 Å². The first-order chi connectivity index (χ1) is 12.8. The molecule has 0 fully saturated rings. The molecule has 4 aromatic rings. The topological polar surface area (TPSA) is 3.24 Å². The first-order valence-corrected chi connectivity index (χ1v) is 8.86. The Morgan fingerprint density at radius 2 is 1.04 bits per heavy atom. The minimum absolute atomic E-state index is 1.18. The van der Waals surface area contributed by atoms with Gasteiger partial charge >= 0.3 is 0 Å². The predicted molar refractivity (Wildman–Crippen MR) is 112 cm³/mol. The zero-order valence-electron chi connectivity index (χ0n) is 14.8. The first kappa shape index (κ1) is 16.2. The third kappa shape index (κ3) is 3.25. The summed E-state index contributed by atoms with van der Waals surface area (Å²) in [7, 11) is 2.12. The van der Waals surface area contributed by atoms with Gasteiger partial charge in [-0.25, -0.2) is 0 Å². The van der Waals surface area contributed by atoms with Crippen molar-refractivity contribution in [2.24, 2.45) is 0 Å². The number of hydrogen-bond acceptors (Lipinski definition) is 1. The molecule has 0 heterocycles. The van der Waals surface area contributed by atoms with Crippen molar-refractivity contribution in [3.63, 3.8) is 0 Å². The molecular formula is C25H21N. The highest BCUT2D eigenvalue weighted by Crippen LogP contribution is 2.37. The van der Waals surface area contributed by atoms with Gasteiger partial charge in [-0.3, -0.25) is 0 Å². The van der Waals surface area contributed by atoms with Crippen LogP contribution in [0.3, 0.4) is 0 Å². The molecule has 0 N–H and O–H groups in total. The number of anilines is 2. The molecule has 0 atom stereocenters. The van der Waals surface area contributed by atoms with Gasteiger partial charge in [-0.05, 0) is 41.0 Å². The Morgan fingerprint density at radius 3 is 1.65 bits per heavy atom. The van der Waals surface area contributed by atoms with E-state index in [1.165, 1.54) is 33.6 Å². The normalized spacial score (nSPS) is 10.5. The summed E-state index contributed by atoms with van der Waals surface area (Å²) in [5.74, 6) is 0. The van der Waals surface area contributed by atoms with Crippen molar-refractivity contribution in [3.8, 4) is 22.3 Å². The summed E-state index contributed by atoms with van der Waals surface area (Å²) in [6.07, 6.45) is 0. The van der Waals surface area contributed by atoms with E-state index in [1.807, 2.05) is 6.07 Å². The van der Waals surface area contributed by atoms with Crippen molar-refractivity contribution in [2.75, 3.05) is 11.9 Å². The minimum Gasteiger partial charge on any atom is -0.344 e. The van der Waals surface area contributed by atoms with Gasteiger partial charge in [0, 0.05) is 24.0 Å². The van der Waals surface area contributed by atoms with E-state index in [-0.39, 0.29) is 0 Å². The van der Waals surface area contributed by atoms with Gasteiger partial charge in [0.1, 0.15) is 0 Å². The van der Waals surface area contributed by atoms with Crippen LogP contribution in [0.5, 0.6) is 0 Å². The molecule has 0 radical (unpaired) electrons. The maximum absolute atomic E-state index is 2.29. The van der Waals surface area contributed by atoms with E-state index in [0.29, 0.717) is 0 Å². The molecule has 0 aromatic heterocycles. The Labute approximate surface area is 155 Å². The van der Waals surface area contributed by atoms with Crippen LogP contribution in [0.25, 0.3) is 22.3 Å². The molecule has 0 aliphatic carbocycles. The van der Waals surface area contributed by atoms with Gasteiger partial charge in [-0.1, -0.05) is 84.9 Å². The third-order valence-electron chi connectivity index (χ3n) is 4.69. The lowest BCUT2D eigenvalue weighted by Crippen LogP contribution is -2.10.